The molecule has 1 aromatic heterocycles. The maximum atomic E-state index is 13.6. The Bertz CT molecular complexity index is 1350. The van der Waals surface area contributed by atoms with E-state index in [2.05, 4.69) is 11.8 Å². The van der Waals surface area contributed by atoms with Crippen molar-refractivity contribution in [2.45, 2.75) is 31.6 Å². The van der Waals surface area contributed by atoms with Crippen molar-refractivity contribution in [1.29, 1.82) is 5.26 Å². The second-order valence-corrected chi connectivity index (χ2v) is 7.66. The quantitative estimate of drug-likeness (QED) is 0.528. The van der Waals surface area contributed by atoms with Crippen LogP contribution in [0.25, 0.3) is 10.9 Å². The van der Waals surface area contributed by atoms with Gasteiger partial charge in [-0.15, -0.1) is 0 Å². The number of benzene rings is 2. The Morgan fingerprint density at radius 2 is 1.81 bits per heavy atom. The van der Waals surface area contributed by atoms with E-state index in [0.29, 0.717) is 66.9 Å². The molecule has 5 rings (SSSR count). The number of hydrogen-bond donors (Lipinski definition) is 0. The number of aryl methyl sites for hydroxylation is 1. The van der Waals surface area contributed by atoms with Crippen LogP contribution in [0.2, 0.25) is 0 Å². The second kappa shape index (κ2) is 7.63. The first-order valence-corrected chi connectivity index (χ1v) is 10.1. The van der Waals surface area contributed by atoms with E-state index in [1.807, 2.05) is 6.07 Å². The smallest absolute Gasteiger partial charge is 0.261 e. The molecule has 0 aliphatic carbocycles. The lowest BCUT2D eigenvalue weighted by molar-refractivity contribution is -0.165. The Morgan fingerprint density at radius 1 is 1.03 bits per heavy atom. The van der Waals surface area contributed by atoms with Gasteiger partial charge in [-0.1, -0.05) is 11.8 Å². The third-order valence-electron chi connectivity index (χ3n) is 5.67. The zero-order valence-corrected chi connectivity index (χ0v) is 16.7. The van der Waals surface area contributed by atoms with Crippen LogP contribution in [0.4, 0.5) is 4.39 Å². The van der Waals surface area contributed by atoms with Crippen molar-refractivity contribution in [2.75, 3.05) is 13.2 Å². The molecule has 0 bridgehead atoms. The van der Waals surface area contributed by atoms with Gasteiger partial charge in [0.25, 0.3) is 5.56 Å². The molecule has 0 atom stereocenters. The van der Waals surface area contributed by atoms with Gasteiger partial charge in [-0.2, -0.15) is 5.26 Å². The lowest BCUT2D eigenvalue weighted by atomic mass is 10.1. The molecule has 7 heteroatoms. The standard InChI is InChI=1S/C24H18FN3O3/c25-19-12-17(11-18(13-19)15-26)2-1-16-3-4-20-21(14-16)27-22-5-6-24(30-9-10-31-24)7-8-28(22)23(20)29/h3-4,11-14H,5-10H2. The number of nitrogens with zero attached hydrogens (tertiary/aromatic N) is 3. The SMILES string of the molecule is N#Cc1cc(F)cc(C#Cc2ccc3c(=O)n4c(nc3c2)CCC2(CC4)OCCO2)c1. The molecule has 3 aromatic rings. The van der Waals surface area contributed by atoms with Crippen LogP contribution in [0, 0.1) is 29.0 Å². The number of nitriles is 1. The van der Waals surface area contributed by atoms with E-state index in [-0.39, 0.29) is 11.1 Å². The summed E-state index contributed by atoms with van der Waals surface area (Å²) in [6.45, 7) is 1.65. The van der Waals surface area contributed by atoms with E-state index in [4.69, 9.17) is 19.7 Å². The van der Waals surface area contributed by atoms with E-state index >= 15 is 0 Å². The maximum Gasteiger partial charge on any atom is 0.261 e. The Morgan fingerprint density at radius 3 is 2.61 bits per heavy atom. The van der Waals surface area contributed by atoms with Crippen LogP contribution in [-0.2, 0) is 22.4 Å². The van der Waals surface area contributed by atoms with Gasteiger partial charge in [0, 0.05) is 36.9 Å². The molecule has 2 aliphatic rings. The van der Waals surface area contributed by atoms with E-state index in [9.17, 15) is 9.18 Å². The predicted octanol–water partition coefficient (Wildman–Crippen LogP) is 2.89. The van der Waals surface area contributed by atoms with Crippen molar-refractivity contribution in [3.05, 3.63) is 75.1 Å². The molecule has 0 radical (unpaired) electrons. The monoisotopic (exact) mass is 415 g/mol. The molecule has 1 spiro atoms. The first-order valence-electron chi connectivity index (χ1n) is 10.1. The number of halogens is 1. The molecule has 3 heterocycles. The van der Waals surface area contributed by atoms with E-state index < -0.39 is 11.6 Å². The fourth-order valence-corrected chi connectivity index (χ4v) is 4.13. The summed E-state index contributed by atoms with van der Waals surface area (Å²) in [5, 5.41) is 9.50. The number of hydrogen-bond acceptors (Lipinski definition) is 5. The fraction of sp³-hybridized carbons (Fsp3) is 0.292. The van der Waals surface area contributed by atoms with Crippen LogP contribution >= 0.6 is 0 Å². The van der Waals surface area contributed by atoms with E-state index in [1.54, 1.807) is 22.8 Å². The minimum Gasteiger partial charge on any atom is -0.347 e. The highest BCUT2D eigenvalue weighted by molar-refractivity contribution is 5.79. The molecule has 0 N–H and O–H groups in total. The zero-order valence-electron chi connectivity index (χ0n) is 16.7. The normalized spacial score (nSPS) is 16.9. The third-order valence-corrected chi connectivity index (χ3v) is 5.67. The van der Waals surface area contributed by atoms with Gasteiger partial charge >= 0.3 is 0 Å². The van der Waals surface area contributed by atoms with Crippen molar-refractivity contribution >= 4 is 10.9 Å². The van der Waals surface area contributed by atoms with E-state index in [1.165, 1.54) is 12.1 Å². The van der Waals surface area contributed by atoms with Gasteiger partial charge in [0.1, 0.15) is 11.6 Å². The molecular formula is C24H18FN3O3. The summed E-state index contributed by atoms with van der Waals surface area (Å²) < 4.78 is 27.0. The van der Waals surface area contributed by atoms with Gasteiger partial charge in [-0.05, 0) is 36.4 Å². The average Bonchev–Trinajstić information content (AvgIpc) is 3.16. The summed E-state index contributed by atoms with van der Waals surface area (Å²) in [7, 11) is 0. The van der Waals surface area contributed by atoms with Crippen molar-refractivity contribution in [1.82, 2.24) is 9.55 Å². The minimum atomic E-state index is -0.615. The Balaban J connectivity index is 1.50. The highest BCUT2D eigenvalue weighted by atomic mass is 19.1. The summed E-state index contributed by atoms with van der Waals surface area (Å²) in [5.74, 6) is 5.43. The van der Waals surface area contributed by atoms with Crippen molar-refractivity contribution in [2.24, 2.45) is 0 Å². The number of aromatic nitrogens is 2. The summed E-state index contributed by atoms with van der Waals surface area (Å²) in [4.78, 5) is 17.8. The molecule has 1 fully saturated rings. The van der Waals surface area contributed by atoms with Crippen LogP contribution in [0.3, 0.4) is 0 Å². The predicted molar refractivity (Wildman–Crippen MR) is 111 cm³/mol. The van der Waals surface area contributed by atoms with Crippen molar-refractivity contribution in [3.63, 3.8) is 0 Å². The first kappa shape index (κ1) is 19.4. The Kier molecular flexibility index (Phi) is 4.78. The Labute approximate surface area is 177 Å². The third kappa shape index (κ3) is 3.70. The minimum absolute atomic E-state index is 0.0849. The van der Waals surface area contributed by atoms with Crippen LogP contribution in [0.1, 0.15) is 35.4 Å². The average molecular weight is 415 g/mol. The lowest BCUT2D eigenvalue weighted by Crippen LogP contribution is -2.31. The van der Waals surface area contributed by atoms with Gasteiger partial charge in [0.15, 0.2) is 5.79 Å². The molecule has 2 aliphatic heterocycles. The highest BCUT2D eigenvalue weighted by Gasteiger charge is 2.38. The summed E-state index contributed by atoms with van der Waals surface area (Å²) in [6.07, 6.45) is 1.86. The van der Waals surface area contributed by atoms with Gasteiger partial charge in [0.05, 0.1) is 35.7 Å². The van der Waals surface area contributed by atoms with Crippen molar-refractivity contribution < 1.29 is 13.9 Å². The van der Waals surface area contributed by atoms with Gasteiger partial charge in [-0.25, -0.2) is 9.37 Å². The van der Waals surface area contributed by atoms with Gasteiger partial charge in [-0.3, -0.25) is 9.36 Å². The Hall–Kier alpha value is -3.52. The molecular weight excluding hydrogens is 397 g/mol. The summed E-state index contributed by atoms with van der Waals surface area (Å²) in [5.41, 5.74) is 1.77. The maximum absolute atomic E-state index is 13.6. The molecule has 0 unspecified atom stereocenters. The number of ether oxygens (including phenoxy) is 2. The summed E-state index contributed by atoms with van der Waals surface area (Å²) in [6, 6.07) is 11.1. The lowest BCUT2D eigenvalue weighted by Gasteiger charge is -2.24. The summed E-state index contributed by atoms with van der Waals surface area (Å²) >= 11 is 0. The van der Waals surface area contributed by atoms with Crippen LogP contribution in [-0.4, -0.2) is 28.6 Å². The molecule has 154 valence electrons. The van der Waals surface area contributed by atoms with E-state index in [0.717, 1.165) is 6.07 Å². The molecule has 1 saturated heterocycles. The molecule has 2 aromatic carbocycles. The van der Waals surface area contributed by atoms with Crippen LogP contribution < -0.4 is 5.56 Å². The topological polar surface area (TPSA) is 77.1 Å². The number of rotatable bonds is 0. The van der Waals surface area contributed by atoms with Crippen LogP contribution in [0.5, 0.6) is 0 Å². The second-order valence-electron chi connectivity index (χ2n) is 7.66. The molecule has 6 nitrogen and oxygen atoms in total. The first-order chi connectivity index (χ1) is 15.0. The zero-order chi connectivity index (χ0) is 21.4. The fourth-order valence-electron chi connectivity index (χ4n) is 4.13. The van der Waals surface area contributed by atoms with Gasteiger partial charge < -0.3 is 9.47 Å². The highest BCUT2D eigenvalue weighted by Crippen LogP contribution is 2.31. The number of fused-ring (bicyclic) bond motifs is 2. The van der Waals surface area contributed by atoms with Gasteiger partial charge in [0.2, 0.25) is 0 Å². The molecule has 0 amide bonds. The van der Waals surface area contributed by atoms with Crippen LogP contribution in [0.15, 0.2) is 41.2 Å². The van der Waals surface area contributed by atoms with Crippen molar-refractivity contribution in [3.8, 4) is 17.9 Å². The molecule has 31 heavy (non-hydrogen) atoms. The largest absolute Gasteiger partial charge is 0.347 e. The molecule has 0 saturated carbocycles.